The number of amides is 2. The summed E-state index contributed by atoms with van der Waals surface area (Å²) >= 11 is 0. The Hall–Kier alpha value is -1.88. The van der Waals surface area contributed by atoms with Crippen molar-refractivity contribution >= 4 is 17.5 Å². The van der Waals surface area contributed by atoms with Crippen LogP contribution in [0.15, 0.2) is 24.3 Å². The van der Waals surface area contributed by atoms with Crippen molar-refractivity contribution in [1.29, 1.82) is 0 Å². The van der Waals surface area contributed by atoms with E-state index in [2.05, 4.69) is 10.2 Å². The summed E-state index contributed by atoms with van der Waals surface area (Å²) in [6.45, 7) is 11.0. The highest BCUT2D eigenvalue weighted by atomic mass is 16.2. The monoisotopic (exact) mass is 317 g/mol. The van der Waals surface area contributed by atoms with Crippen molar-refractivity contribution in [2.45, 2.75) is 27.7 Å². The van der Waals surface area contributed by atoms with Crippen LogP contribution >= 0.6 is 0 Å². The zero-order chi connectivity index (χ0) is 17.0. The SMILES string of the molecule is Cc1cccc(NC(=O)CN2CCN(C(=O)C(C)(C)C)CC2)c1. The lowest BCUT2D eigenvalue weighted by molar-refractivity contribution is -0.141. The second-order valence-corrected chi connectivity index (χ2v) is 7.24. The van der Waals surface area contributed by atoms with Gasteiger partial charge in [-0.25, -0.2) is 0 Å². The van der Waals surface area contributed by atoms with E-state index in [0.717, 1.165) is 24.3 Å². The summed E-state index contributed by atoms with van der Waals surface area (Å²) in [5.74, 6) is 0.174. The van der Waals surface area contributed by atoms with E-state index in [-0.39, 0.29) is 17.2 Å². The van der Waals surface area contributed by atoms with E-state index in [0.29, 0.717) is 19.6 Å². The Morgan fingerprint density at radius 3 is 2.35 bits per heavy atom. The standard InChI is InChI=1S/C18H27N3O2/c1-14-6-5-7-15(12-14)19-16(22)13-20-8-10-21(11-9-20)17(23)18(2,3)4/h5-7,12H,8-11,13H2,1-4H3,(H,19,22). The van der Waals surface area contributed by atoms with Crippen LogP contribution in [0.5, 0.6) is 0 Å². The van der Waals surface area contributed by atoms with Crippen molar-refractivity contribution in [2.24, 2.45) is 5.41 Å². The molecule has 0 aromatic heterocycles. The molecule has 5 heteroatoms. The molecule has 126 valence electrons. The summed E-state index contributed by atoms with van der Waals surface area (Å²) in [6.07, 6.45) is 0. The molecule has 1 aliphatic heterocycles. The first-order valence-electron chi connectivity index (χ1n) is 8.14. The van der Waals surface area contributed by atoms with Crippen LogP contribution in [0.25, 0.3) is 0 Å². The van der Waals surface area contributed by atoms with E-state index < -0.39 is 0 Å². The lowest BCUT2D eigenvalue weighted by Gasteiger charge is -2.37. The van der Waals surface area contributed by atoms with Crippen LogP contribution in [0.2, 0.25) is 0 Å². The second-order valence-electron chi connectivity index (χ2n) is 7.24. The third-order valence-corrected chi connectivity index (χ3v) is 3.97. The van der Waals surface area contributed by atoms with Crippen molar-refractivity contribution < 1.29 is 9.59 Å². The number of hydrogen-bond acceptors (Lipinski definition) is 3. The topological polar surface area (TPSA) is 52.7 Å². The lowest BCUT2D eigenvalue weighted by atomic mass is 9.94. The Morgan fingerprint density at radius 1 is 1.13 bits per heavy atom. The molecule has 0 radical (unpaired) electrons. The van der Waals surface area contributed by atoms with Gasteiger partial charge in [0.15, 0.2) is 0 Å². The molecule has 2 amide bonds. The van der Waals surface area contributed by atoms with Crippen LogP contribution in [0.1, 0.15) is 26.3 Å². The molecular formula is C18H27N3O2. The van der Waals surface area contributed by atoms with E-state index in [9.17, 15) is 9.59 Å². The number of benzene rings is 1. The van der Waals surface area contributed by atoms with Gasteiger partial charge in [0.25, 0.3) is 0 Å². The molecule has 0 spiro atoms. The maximum atomic E-state index is 12.2. The van der Waals surface area contributed by atoms with Crippen LogP contribution in [-0.2, 0) is 9.59 Å². The molecule has 1 N–H and O–H groups in total. The van der Waals surface area contributed by atoms with Crippen molar-refractivity contribution in [3.8, 4) is 0 Å². The lowest BCUT2D eigenvalue weighted by Crippen LogP contribution is -2.52. The zero-order valence-electron chi connectivity index (χ0n) is 14.6. The van der Waals surface area contributed by atoms with Crippen LogP contribution in [0.4, 0.5) is 5.69 Å². The Bertz CT molecular complexity index is 570. The first kappa shape index (κ1) is 17.5. The number of carbonyl (C=O) groups excluding carboxylic acids is 2. The van der Waals surface area contributed by atoms with Gasteiger partial charge < -0.3 is 10.2 Å². The predicted molar refractivity (Wildman–Crippen MR) is 92.3 cm³/mol. The van der Waals surface area contributed by atoms with Crippen LogP contribution in [-0.4, -0.2) is 54.3 Å². The van der Waals surface area contributed by atoms with Crippen LogP contribution in [0.3, 0.4) is 0 Å². The Labute approximate surface area is 138 Å². The smallest absolute Gasteiger partial charge is 0.238 e. The third-order valence-electron chi connectivity index (χ3n) is 3.97. The molecule has 2 rings (SSSR count). The number of anilines is 1. The van der Waals surface area contributed by atoms with E-state index in [1.807, 2.05) is 56.9 Å². The average Bonchev–Trinajstić information content (AvgIpc) is 2.46. The van der Waals surface area contributed by atoms with Gasteiger partial charge in [-0.3, -0.25) is 14.5 Å². The molecule has 0 atom stereocenters. The normalized spacial score (nSPS) is 16.3. The Balaban J connectivity index is 1.80. The highest BCUT2D eigenvalue weighted by molar-refractivity contribution is 5.92. The van der Waals surface area contributed by atoms with Gasteiger partial charge in [0, 0.05) is 37.3 Å². The molecule has 1 aliphatic rings. The molecule has 1 aromatic carbocycles. The van der Waals surface area contributed by atoms with Gasteiger partial charge in [0.2, 0.25) is 11.8 Å². The number of aryl methyl sites for hydroxylation is 1. The molecular weight excluding hydrogens is 290 g/mol. The molecule has 1 saturated heterocycles. The summed E-state index contributed by atoms with van der Waals surface area (Å²) in [7, 11) is 0. The minimum absolute atomic E-state index is 0.00815. The van der Waals surface area contributed by atoms with E-state index in [1.54, 1.807) is 0 Å². The first-order chi connectivity index (χ1) is 10.8. The molecule has 0 aliphatic carbocycles. The van der Waals surface area contributed by atoms with Crippen molar-refractivity contribution in [1.82, 2.24) is 9.80 Å². The number of nitrogens with one attached hydrogen (secondary N) is 1. The first-order valence-corrected chi connectivity index (χ1v) is 8.14. The Kier molecular flexibility index (Phi) is 5.42. The quantitative estimate of drug-likeness (QED) is 0.929. The fourth-order valence-corrected chi connectivity index (χ4v) is 2.71. The third kappa shape index (κ3) is 5.06. The van der Waals surface area contributed by atoms with E-state index in [1.165, 1.54) is 0 Å². The van der Waals surface area contributed by atoms with Gasteiger partial charge in [-0.15, -0.1) is 0 Å². The van der Waals surface area contributed by atoms with Gasteiger partial charge in [-0.2, -0.15) is 0 Å². The van der Waals surface area contributed by atoms with Crippen molar-refractivity contribution in [3.05, 3.63) is 29.8 Å². The number of rotatable bonds is 3. The summed E-state index contributed by atoms with van der Waals surface area (Å²) in [5, 5.41) is 2.93. The largest absolute Gasteiger partial charge is 0.340 e. The number of hydrogen-bond donors (Lipinski definition) is 1. The van der Waals surface area contributed by atoms with E-state index >= 15 is 0 Å². The highest BCUT2D eigenvalue weighted by Gasteiger charge is 2.29. The van der Waals surface area contributed by atoms with Gasteiger partial charge in [0.05, 0.1) is 6.54 Å². The van der Waals surface area contributed by atoms with Gasteiger partial charge in [-0.05, 0) is 24.6 Å². The van der Waals surface area contributed by atoms with Gasteiger partial charge >= 0.3 is 0 Å². The van der Waals surface area contributed by atoms with E-state index in [4.69, 9.17) is 0 Å². The van der Waals surface area contributed by atoms with Crippen molar-refractivity contribution in [2.75, 3.05) is 38.0 Å². The number of carbonyl (C=O) groups is 2. The fraction of sp³-hybridized carbons (Fsp3) is 0.556. The minimum atomic E-state index is -0.343. The highest BCUT2D eigenvalue weighted by Crippen LogP contribution is 2.18. The minimum Gasteiger partial charge on any atom is -0.340 e. The molecule has 1 heterocycles. The van der Waals surface area contributed by atoms with Gasteiger partial charge in [0.1, 0.15) is 0 Å². The van der Waals surface area contributed by atoms with Crippen LogP contribution < -0.4 is 5.32 Å². The second kappa shape index (κ2) is 7.13. The van der Waals surface area contributed by atoms with Gasteiger partial charge in [-0.1, -0.05) is 32.9 Å². The predicted octanol–water partition coefficient (Wildman–Crippen LogP) is 2.12. The zero-order valence-corrected chi connectivity index (χ0v) is 14.6. The number of nitrogens with zero attached hydrogens (tertiary/aromatic N) is 2. The summed E-state index contributed by atoms with van der Waals surface area (Å²) < 4.78 is 0. The molecule has 0 saturated carbocycles. The molecule has 5 nitrogen and oxygen atoms in total. The fourth-order valence-electron chi connectivity index (χ4n) is 2.71. The molecule has 0 bridgehead atoms. The average molecular weight is 317 g/mol. The maximum Gasteiger partial charge on any atom is 0.238 e. The van der Waals surface area contributed by atoms with Crippen molar-refractivity contribution in [3.63, 3.8) is 0 Å². The molecule has 1 fully saturated rings. The Morgan fingerprint density at radius 2 is 1.78 bits per heavy atom. The number of piperazine rings is 1. The maximum absolute atomic E-state index is 12.2. The molecule has 1 aromatic rings. The summed E-state index contributed by atoms with van der Waals surface area (Å²) in [6, 6.07) is 7.78. The van der Waals surface area contributed by atoms with Crippen LogP contribution in [0, 0.1) is 12.3 Å². The molecule has 23 heavy (non-hydrogen) atoms. The summed E-state index contributed by atoms with van der Waals surface area (Å²) in [4.78, 5) is 28.4. The molecule has 0 unspecified atom stereocenters. The summed E-state index contributed by atoms with van der Waals surface area (Å²) in [5.41, 5.74) is 1.61.